The minimum absolute atomic E-state index is 0.0351. The van der Waals surface area contributed by atoms with Gasteiger partial charge in [0.15, 0.2) is 0 Å². The fraction of sp³-hybridized carbons (Fsp3) is 0.467. The Labute approximate surface area is 129 Å². The van der Waals surface area contributed by atoms with Gasteiger partial charge in [0.05, 0.1) is 10.6 Å². The van der Waals surface area contributed by atoms with Crippen molar-refractivity contribution in [1.82, 2.24) is 10.6 Å². The van der Waals surface area contributed by atoms with Crippen LogP contribution in [0, 0.1) is 5.92 Å². The molecule has 0 bridgehead atoms. The van der Waals surface area contributed by atoms with E-state index in [1.807, 2.05) is 0 Å². The summed E-state index contributed by atoms with van der Waals surface area (Å²) in [6.07, 6.45) is 2.51. The first-order chi connectivity index (χ1) is 10.1. The molecular weight excluding hydrogens is 290 g/mol. The van der Waals surface area contributed by atoms with Crippen molar-refractivity contribution in [2.45, 2.75) is 19.3 Å². The van der Waals surface area contributed by atoms with Gasteiger partial charge in [-0.3, -0.25) is 9.59 Å². The number of amides is 2. The van der Waals surface area contributed by atoms with Crippen molar-refractivity contribution in [2.75, 3.05) is 25.5 Å². The van der Waals surface area contributed by atoms with Crippen LogP contribution in [0.5, 0.6) is 0 Å². The first kappa shape index (κ1) is 15.8. The van der Waals surface area contributed by atoms with Crippen LogP contribution in [0.4, 0.5) is 5.69 Å². The Morgan fingerprint density at radius 1 is 1.43 bits per heavy atom. The normalized spacial score (nSPS) is 17.5. The minimum Gasteiger partial charge on any atom is -0.355 e. The van der Waals surface area contributed by atoms with Gasteiger partial charge in [-0.05, 0) is 50.0 Å². The molecule has 3 N–H and O–H groups in total. The van der Waals surface area contributed by atoms with Crippen molar-refractivity contribution in [3.63, 3.8) is 0 Å². The van der Waals surface area contributed by atoms with Gasteiger partial charge in [0.2, 0.25) is 5.91 Å². The van der Waals surface area contributed by atoms with E-state index in [1.165, 1.54) is 0 Å². The van der Waals surface area contributed by atoms with Crippen molar-refractivity contribution < 1.29 is 9.59 Å². The average Bonchev–Trinajstić information content (AvgIpc) is 2.99. The van der Waals surface area contributed by atoms with Crippen molar-refractivity contribution in [2.24, 2.45) is 5.92 Å². The maximum atomic E-state index is 11.9. The van der Waals surface area contributed by atoms with Crippen LogP contribution in [0.3, 0.4) is 0 Å². The molecule has 5 nitrogen and oxygen atoms in total. The topological polar surface area (TPSA) is 70.2 Å². The standard InChI is InChI=1S/C15H20ClN3O2/c1-17-15(21)12-8-11(3-4-13(12)16)19-14(20)5-2-10-6-7-18-9-10/h3-4,8,10,18H,2,5-7,9H2,1H3,(H,17,21)(H,19,20). The predicted molar refractivity (Wildman–Crippen MR) is 83.7 cm³/mol. The lowest BCUT2D eigenvalue weighted by Crippen LogP contribution is -2.19. The molecule has 1 atom stereocenters. The van der Waals surface area contributed by atoms with E-state index < -0.39 is 0 Å². The maximum Gasteiger partial charge on any atom is 0.252 e. The molecule has 0 aliphatic carbocycles. The Hall–Kier alpha value is -1.59. The summed E-state index contributed by atoms with van der Waals surface area (Å²) in [5.41, 5.74) is 0.949. The van der Waals surface area contributed by atoms with Gasteiger partial charge in [-0.25, -0.2) is 0 Å². The summed E-state index contributed by atoms with van der Waals surface area (Å²) in [4.78, 5) is 23.6. The van der Waals surface area contributed by atoms with E-state index >= 15 is 0 Å². The van der Waals surface area contributed by atoms with Crippen molar-refractivity contribution in [3.05, 3.63) is 28.8 Å². The van der Waals surface area contributed by atoms with E-state index in [0.717, 1.165) is 25.9 Å². The third-order valence-corrected chi connectivity index (χ3v) is 3.99. The monoisotopic (exact) mass is 309 g/mol. The van der Waals surface area contributed by atoms with Gasteiger partial charge in [0.25, 0.3) is 5.91 Å². The molecular formula is C15H20ClN3O2. The van der Waals surface area contributed by atoms with E-state index in [0.29, 0.717) is 28.6 Å². The molecule has 1 aliphatic rings. The highest BCUT2D eigenvalue weighted by molar-refractivity contribution is 6.34. The lowest BCUT2D eigenvalue weighted by molar-refractivity contribution is -0.116. The fourth-order valence-electron chi connectivity index (χ4n) is 2.43. The highest BCUT2D eigenvalue weighted by atomic mass is 35.5. The van der Waals surface area contributed by atoms with Crippen LogP contribution in [0.25, 0.3) is 0 Å². The number of anilines is 1. The Morgan fingerprint density at radius 2 is 2.24 bits per heavy atom. The second-order valence-electron chi connectivity index (χ2n) is 5.22. The predicted octanol–water partition coefficient (Wildman–Crippen LogP) is 2.03. The number of hydrogen-bond donors (Lipinski definition) is 3. The zero-order chi connectivity index (χ0) is 15.2. The summed E-state index contributed by atoms with van der Waals surface area (Å²) in [5, 5.41) is 8.99. The lowest BCUT2D eigenvalue weighted by atomic mass is 10.0. The van der Waals surface area contributed by atoms with Crippen molar-refractivity contribution in [1.29, 1.82) is 0 Å². The van der Waals surface area contributed by atoms with Crippen LogP contribution >= 0.6 is 11.6 Å². The number of nitrogens with one attached hydrogen (secondary N) is 3. The molecule has 6 heteroatoms. The summed E-state index contributed by atoms with van der Waals surface area (Å²) in [6, 6.07) is 4.91. The summed E-state index contributed by atoms with van der Waals surface area (Å²) >= 11 is 5.97. The van der Waals surface area contributed by atoms with Crippen LogP contribution < -0.4 is 16.0 Å². The van der Waals surface area contributed by atoms with Gasteiger partial charge in [0.1, 0.15) is 0 Å². The third-order valence-electron chi connectivity index (χ3n) is 3.66. The average molecular weight is 310 g/mol. The van der Waals surface area contributed by atoms with Gasteiger partial charge in [-0.2, -0.15) is 0 Å². The first-order valence-electron chi connectivity index (χ1n) is 7.12. The molecule has 1 heterocycles. The number of halogens is 1. The van der Waals surface area contributed by atoms with Crippen LogP contribution in [-0.4, -0.2) is 32.0 Å². The number of rotatable bonds is 5. The molecule has 0 radical (unpaired) electrons. The quantitative estimate of drug-likeness (QED) is 0.779. The second kappa shape index (κ2) is 7.43. The number of carbonyl (C=O) groups is 2. The molecule has 1 saturated heterocycles. The molecule has 2 rings (SSSR count). The van der Waals surface area contributed by atoms with Crippen LogP contribution in [-0.2, 0) is 4.79 Å². The van der Waals surface area contributed by atoms with Gasteiger partial charge >= 0.3 is 0 Å². The number of benzene rings is 1. The van der Waals surface area contributed by atoms with Gasteiger partial charge < -0.3 is 16.0 Å². The second-order valence-corrected chi connectivity index (χ2v) is 5.63. The Balaban J connectivity index is 1.92. The van der Waals surface area contributed by atoms with Crippen molar-refractivity contribution >= 4 is 29.1 Å². The van der Waals surface area contributed by atoms with Crippen LogP contribution in [0.15, 0.2) is 18.2 Å². The molecule has 0 spiro atoms. The zero-order valence-electron chi connectivity index (χ0n) is 12.0. The molecule has 2 amide bonds. The van der Waals surface area contributed by atoms with E-state index in [9.17, 15) is 9.59 Å². The minimum atomic E-state index is -0.270. The Kier molecular flexibility index (Phi) is 5.59. The smallest absolute Gasteiger partial charge is 0.252 e. The van der Waals surface area contributed by atoms with Gasteiger partial charge in [-0.15, -0.1) is 0 Å². The van der Waals surface area contributed by atoms with E-state index in [4.69, 9.17) is 11.6 Å². The first-order valence-corrected chi connectivity index (χ1v) is 7.50. The largest absolute Gasteiger partial charge is 0.355 e. The van der Waals surface area contributed by atoms with Gasteiger partial charge in [0, 0.05) is 19.2 Å². The Bertz CT molecular complexity index is 528. The highest BCUT2D eigenvalue weighted by Crippen LogP contribution is 2.21. The number of carbonyl (C=O) groups excluding carboxylic acids is 2. The van der Waals surface area contributed by atoms with Gasteiger partial charge in [-0.1, -0.05) is 11.6 Å². The molecule has 1 aromatic carbocycles. The van der Waals surface area contributed by atoms with Crippen LogP contribution in [0.2, 0.25) is 5.02 Å². The molecule has 1 aromatic rings. The SMILES string of the molecule is CNC(=O)c1cc(NC(=O)CCC2CCNC2)ccc1Cl. The molecule has 0 aromatic heterocycles. The third kappa shape index (κ3) is 4.44. The lowest BCUT2D eigenvalue weighted by Gasteiger charge is -2.10. The molecule has 114 valence electrons. The molecule has 1 fully saturated rings. The highest BCUT2D eigenvalue weighted by Gasteiger charge is 2.16. The summed E-state index contributed by atoms with van der Waals surface area (Å²) in [6.45, 7) is 2.04. The molecule has 21 heavy (non-hydrogen) atoms. The van der Waals surface area contributed by atoms with Crippen LogP contribution in [0.1, 0.15) is 29.6 Å². The van der Waals surface area contributed by atoms with E-state index in [-0.39, 0.29) is 11.8 Å². The number of hydrogen-bond acceptors (Lipinski definition) is 3. The Morgan fingerprint density at radius 3 is 2.90 bits per heavy atom. The van der Waals surface area contributed by atoms with E-state index in [2.05, 4.69) is 16.0 Å². The summed E-state index contributed by atoms with van der Waals surface area (Å²) < 4.78 is 0. The maximum absolute atomic E-state index is 11.9. The summed E-state index contributed by atoms with van der Waals surface area (Å²) in [7, 11) is 1.54. The van der Waals surface area contributed by atoms with E-state index in [1.54, 1.807) is 25.2 Å². The van der Waals surface area contributed by atoms with Crippen molar-refractivity contribution in [3.8, 4) is 0 Å². The zero-order valence-corrected chi connectivity index (χ0v) is 12.8. The molecule has 0 saturated carbocycles. The molecule has 1 aliphatic heterocycles. The molecule has 1 unspecified atom stereocenters. The summed E-state index contributed by atoms with van der Waals surface area (Å²) in [5.74, 6) is 0.280. The fourth-order valence-corrected chi connectivity index (χ4v) is 2.63.